The predicted octanol–water partition coefficient (Wildman–Crippen LogP) is 2.52. The van der Waals surface area contributed by atoms with Crippen molar-refractivity contribution in [2.45, 2.75) is 13.8 Å². The second-order valence-corrected chi connectivity index (χ2v) is 5.41. The summed E-state index contributed by atoms with van der Waals surface area (Å²) in [6.07, 6.45) is 0. The lowest BCUT2D eigenvalue weighted by molar-refractivity contribution is 0.0627. The van der Waals surface area contributed by atoms with Crippen LogP contribution >= 0.6 is 0 Å². The number of rotatable bonds is 7. The topological polar surface area (TPSA) is 54.6 Å². The molecule has 1 N–H and O–H groups in total. The number of fused-ring (bicyclic) bond motifs is 1. The average molecular weight is 304 g/mol. The van der Waals surface area contributed by atoms with Crippen LogP contribution in [0.4, 0.5) is 0 Å². The number of nitrogens with one attached hydrogen (secondary N) is 1. The van der Waals surface area contributed by atoms with E-state index in [1.807, 2.05) is 25.1 Å². The first-order chi connectivity index (χ1) is 10.6. The van der Waals surface area contributed by atoms with Crippen LogP contribution in [0.5, 0.6) is 0 Å². The number of amides is 1. The quantitative estimate of drug-likeness (QED) is 0.855. The Balaban J connectivity index is 2.26. The largest absolute Gasteiger partial charge is 0.383 e. The molecule has 120 valence electrons. The summed E-state index contributed by atoms with van der Waals surface area (Å²) in [5, 5.41) is 1.10. The lowest BCUT2D eigenvalue weighted by Gasteiger charge is -2.22. The van der Waals surface area contributed by atoms with Crippen molar-refractivity contribution in [3.05, 3.63) is 35.0 Å². The molecular formula is C17H24N2O3. The van der Waals surface area contributed by atoms with Crippen molar-refractivity contribution in [2.24, 2.45) is 0 Å². The number of methoxy groups -OCH3 is 2. The molecule has 1 heterocycles. The van der Waals surface area contributed by atoms with Crippen molar-refractivity contribution < 1.29 is 14.3 Å². The van der Waals surface area contributed by atoms with E-state index in [9.17, 15) is 4.79 Å². The molecule has 0 bridgehead atoms. The van der Waals surface area contributed by atoms with E-state index in [-0.39, 0.29) is 5.91 Å². The molecule has 1 amide bonds. The van der Waals surface area contributed by atoms with Gasteiger partial charge in [-0.1, -0.05) is 0 Å². The van der Waals surface area contributed by atoms with Crippen molar-refractivity contribution in [1.82, 2.24) is 9.88 Å². The van der Waals surface area contributed by atoms with E-state index >= 15 is 0 Å². The van der Waals surface area contributed by atoms with E-state index in [1.165, 1.54) is 5.56 Å². The Hall–Kier alpha value is -1.85. The van der Waals surface area contributed by atoms with Crippen LogP contribution in [0.25, 0.3) is 10.9 Å². The van der Waals surface area contributed by atoms with Crippen LogP contribution in [0.1, 0.15) is 21.6 Å². The van der Waals surface area contributed by atoms with E-state index in [0.29, 0.717) is 31.9 Å². The van der Waals surface area contributed by atoms with Gasteiger partial charge in [0.2, 0.25) is 0 Å². The number of aromatic amines is 1. The van der Waals surface area contributed by atoms with Gasteiger partial charge in [0.15, 0.2) is 0 Å². The number of carbonyl (C=O) groups is 1. The molecule has 2 rings (SSSR count). The highest BCUT2D eigenvalue weighted by Crippen LogP contribution is 2.23. The Morgan fingerprint density at radius 1 is 1.14 bits per heavy atom. The van der Waals surface area contributed by atoms with Gasteiger partial charge in [0.05, 0.1) is 13.2 Å². The third-order valence-electron chi connectivity index (χ3n) is 3.97. The summed E-state index contributed by atoms with van der Waals surface area (Å²) in [6, 6.07) is 5.79. The Kier molecular flexibility index (Phi) is 5.57. The number of aryl methyl sites for hydroxylation is 2. The smallest absolute Gasteiger partial charge is 0.254 e. The highest BCUT2D eigenvalue weighted by Gasteiger charge is 2.16. The van der Waals surface area contributed by atoms with E-state index in [1.54, 1.807) is 19.1 Å². The van der Waals surface area contributed by atoms with Gasteiger partial charge in [-0.3, -0.25) is 4.79 Å². The maximum Gasteiger partial charge on any atom is 0.254 e. The summed E-state index contributed by atoms with van der Waals surface area (Å²) in [4.78, 5) is 17.8. The van der Waals surface area contributed by atoms with Crippen LogP contribution in [0.15, 0.2) is 18.2 Å². The van der Waals surface area contributed by atoms with Gasteiger partial charge in [-0.05, 0) is 37.6 Å². The third-order valence-corrected chi connectivity index (χ3v) is 3.97. The van der Waals surface area contributed by atoms with Crippen LogP contribution in [0, 0.1) is 13.8 Å². The first kappa shape index (κ1) is 16.5. The van der Waals surface area contributed by atoms with Crippen molar-refractivity contribution in [3.63, 3.8) is 0 Å². The van der Waals surface area contributed by atoms with Crippen molar-refractivity contribution in [2.75, 3.05) is 40.5 Å². The minimum Gasteiger partial charge on any atom is -0.383 e. The van der Waals surface area contributed by atoms with Gasteiger partial charge in [-0.25, -0.2) is 0 Å². The zero-order valence-corrected chi connectivity index (χ0v) is 13.7. The minimum atomic E-state index is 0.00857. The highest BCUT2D eigenvalue weighted by molar-refractivity contribution is 5.99. The fraction of sp³-hybridized carbons (Fsp3) is 0.471. The second-order valence-electron chi connectivity index (χ2n) is 5.41. The average Bonchev–Trinajstić information content (AvgIpc) is 2.81. The molecule has 0 spiro atoms. The van der Waals surface area contributed by atoms with Gasteiger partial charge in [-0.2, -0.15) is 0 Å². The first-order valence-corrected chi connectivity index (χ1v) is 7.44. The van der Waals surface area contributed by atoms with Crippen LogP contribution in [-0.2, 0) is 9.47 Å². The monoisotopic (exact) mass is 304 g/mol. The number of nitrogens with zero attached hydrogens (tertiary/aromatic N) is 1. The molecule has 5 heteroatoms. The Morgan fingerprint density at radius 3 is 2.36 bits per heavy atom. The Labute approximate surface area is 131 Å². The Bertz CT molecular complexity index is 641. The standard InChI is InChI=1S/C17H24N2O3/c1-12-13(2)18-16-6-5-14(11-15(12)16)17(20)19(7-9-21-3)8-10-22-4/h5-6,11,18H,7-10H2,1-4H3. The van der Waals surface area contributed by atoms with Crippen molar-refractivity contribution in [3.8, 4) is 0 Å². The molecule has 1 aromatic heterocycles. The van der Waals surface area contributed by atoms with Crippen LogP contribution in [0.3, 0.4) is 0 Å². The predicted molar refractivity (Wildman–Crippen MR) is 87.4 cm³/mol. The number of aromatic nitrogens is 1. The molecule has 0 atom stereocenters. The van der Waals surface area contributed by atoms with Crippen LogP contribution in [0.2, 0.25) is 0 Å². The van der Waals surface area contributed by atoms with Crippen molar-refractivity contribution in [1.29, 1.82) is 0 Å². The third kappa shape index (κ3) is 3.48. The molecule has 22 heavy (non-hydrogen) atoms. The summed E-state index contributed by atoms with van der Waals surface area (Å²) in [7, 11) is 3.27. The van der Waals surface area contributed by atoms with Gasteiger partial charge < -0.3 is 19.4 Å². The maximum absolute atomic E-state index is 12.7. The van der Waals surface area contributed by atoms with Gasteiger partial charge in [-0.15, -0.1) is 0 Å². The number of hydrogen-bond donors (Lipinski definition) is 1. The highest BCUT2D eigenvalue weighted by atomic mass is 16.5. The van der Waals surface area contributed by atoms with Crippen LogP contribution < -0.4 is 0 Å². The van der Waals surface area contributed by atoms with E-state index in [4.69, 9.17) is 9.47 Å². The molecule has 2 aromatic rings. The molecular weight excluding hydrogens is 280 g/mol. The van der Waals surface area contributed by atoms with Gasteiger partial charge in [0.1, 0.15) is 0 Å². The molecule has 0 radical (unpaired) electrons. The summed E-state index contributed by atoms with van der Waals surface area (Å²) < 4.78 is 10.2. The first-order valence-electron chi connectivity index (χ1n) is 7.44. The number of hydrogen-bond acceptors (Lipinski definition) is 3. The normalized spacial score (nSPS) is 11.1. The molecule has 0 aliphatic heterocycles. The summed E-state index contributed by atoms with van der Waals surface area (Å²) in [5.74, 6) is 0.00857. The SMILES string of the molecule is COCCN(CCOC)C(=O)c1ccc2[nH]c(C)c(C)c2c1. The van der Waals surface area contributed by atoms with E-state index in [2.05, 4.69) is 11.9 Å². The summed E-state index contributed by atoms with van der Waals surface area (Å²) >= 11 is 0. The van der Waals surface area contributed by atoms with Gasteiger partial charge >= 0.3 is 0 Å². The zero-order valence-electron chi connectivity index (χ0n) is 13.7. The maximum atomic E-state index is 12.7. The number of carbonyl (C=O) groups excluding carboxylic acids is 1. The molecule has 1 aromatic carbocycles. The number of benzene rings is 1. The fourth-order valence-electron chi connectivity index (χ4n) is 2.49. The number of ether oxygens (including phenoxy) is 2. The summed E-state index contributed by atoms with van der Waals surface area (Å²) in [5.41, 5.74) is 4.08. The Morgan fingerprint density at radius 2 is 1.77 bits per heavy atom. The fourth-order valence-corrected chi connectivity index (χ4v) is 2.49. The lowest BCUT2D eigenvalue weighted by Crippen LogP contribution is -2.36. The molecule has 0 aliphatic rings. The van der Waals surface area contributed by atoms with Crippen LogP contribution in [-0.4, -0.2) is 56.3 Å². The molecule has 0 fully saturated rings. The number of H-pyrrole nitrogens is 1. The van der Waals surface area contributed by atoms with Crippen molar-refractivity contribution >= 4 is 16.8 Å². The molecule has 0 saturated heterocycles. The lowest BCUT2D eigenvalue weighted by atomic mass is 10.1. The van der Waals surface area contributed by atoms with E-state index < -0.39 is 0 Å². The molecule has 0 saturated carbocycles. The summed E-state index contributed by atoms with van der Waals surface area (Å²) in [6.45, 7) is 6.25. The molecule has 0 unspecified atom stereocenters. The van der Waals surface area contributed by atoms with Gasteiger partial charge in [0.25, 0.3) is 5.91 Å². The molecule has 5 nitrogen and oxygen atoms in total. The minimum absolute atomic E-state index is 0.00857. The second kappa shape index (κ2) is 7.42. The zero-order chi connectivity index (χ0) is 16.1. The van der Waals surface area contributed by atoms with Gasteiger partial charge in [0, 0.05) is 49.5 Å². The molecule has 0 aliphatic carbocycles. The van der Waals surface area contributed by atoms with E-state index in [0.717, 1.165) is 16.6 Å².